The normalized spacial score (nSPS) is 11.9. The van der Waals surface area contributed by atoms with Crippen molar-refractivity contribution in [2.24, 2.45) is 16.6 Å². The Kier molecular flexibility index (Phi) is 5.38. The number of benzene rings is 1. The highest BCUT2D eigenvalue weighted by Gasteiger charge is 2.09. The molecule has 1 aromatic carbocycles. The van der Waals surface area contributed by atoms with E-state index in [1.807, 2.05) is 50.5 Å². The second-order valence-electron chi connectivity index (χ2n) is 4.17. The molecule has 0 saturated heterocycles. The van der Waals surface area contributed by atoms with Gasteiger partial charge in [0.1, 0.15) is 6.07 Å². The molecule has 0 atom stereocenters. The lowest BCUT2D eigenvalue weighted by Crippen LogP contribution is -2.31. The molecule has 0 bridgehead atoms. The summed E-state index contributed by atoms with van der Waals surface area (Å²) in [4.78, 5) is 5.86. The summed E-state index contributed by atoms with van der Waals surface area (Å²) in [6.45, 7) is 0.420. The van der Waals surface area contributed by atoms with Crippen LogP contribution in [-0.4, -0.2) is 30.3 Å². The van der Waals surface area contributed by atoms with E-state index in [4.69, 9.17) is 16.8 Å². The molecule has 19 heavy (non-hydrogen) atoms. The Morgan fingerprint density at radius 2 is 2.00 bits per heavy atom. The van der Waals surface area contributed by atoms with Gasteiger partial charge < -0.3 is 10.6 Å². The van der Waals surface area contributed by atoms with E-state index in [2.05, 4.69) is 4.99 Å². The lowest BCUT2D eigenvalue weighted by molar-refractivity contribution is 0.344. The molecule has 4 N–H and O–H groups in total. The SMILES string of the molecule is CN(C)C=N/C(=C(/N)C#N)N(N)Cc1ccccc1. The summed E-state index contributed by atoms with van der Waals surface area (Å²) in [5.74, 6) is 6.17. The van der Waals surface area contributed by atoms with Crippen molar-refractivity contribution in [2.45, 2.75) is 6.54 Å². The van der Waals surface area contributed by atoms with Gasteiger partial charge in [-0.15, -0.1) is 0 Å². The first-order chi connectivity index (χ1) is 9.04. The van der Waals surface area contributed by atoms with Crippen molar-refractivity contribution >= 4 is 6.34 Å². The maximum atomic E-state index is 8.88. The van der Waals surface area contributed by atoms with Gasteiger partial charge in [-0.05, 0) is 5.56 Å². The Balaban J connectivity index is 2.91. The van der Waals surface area contributed by atoms with E-state index in [-0.39, 0.29) is 11.5 Å². The molecule has 1 rings (SSSR count). The van der Waals surface area contributed by atoms with E-state index in [0.717, 1.165) is 5.56 Å². The highest BCUT2D eigenvalue weighted by Crippen LogP contribution is 2.09. The van der Waals surface area contributed by atoms with Crippen molar-refractivity contribution in [2.75, 3.05) is 14.1 Å². The van der Waals surface area contributed by atoms with Crippen molar-refractivity contribution in [3.8, 4) is 6.07 Å². The second-order valence-corrected chi connectivity index (χ2v) is 4.17. The van der Waals surface area contributed by atoms with Gasteiger partial charge in [-0.3, -0.25) is 5.01 Å². The molecule has 0 aliphatic heterocycles. The van der Waals surface area contributed by atoms with Gasteiger partial charge in [-0.1, -0.05) is 30.3 Å². The van der Waals surface area contributed by atoms with E-state index >= 15 is 0 Å². The molecule has 0 aliphatic rings. The summed E-state index contributed by atoms with van der Waals surface area (Å²) >= 11 is 0. The maximum absolute atomic E-state index is 8.88. The van der Waals surface area contributed by atoms with Crippen LogP contribution in [0.4, 0.5) is 0 Å². The third kappa shape index (κ3) is 4.69. The summed E-state index contributed by atoms with van der Waals surface area (Å²) in [5.41, 5.74) is 6.61. The molecule has 0 fully saturated rings. The Hall–Kier alpha value is -2.52. The van der Waals surface area contributed by atoms with Crippen molar-refractivity contribution in [1.29, 1.82) is 5.26 Å². The summed E-state index contributed by atoms with van der Waals surface area (Å²) in [7, 11) is 3.64. The third-order valence-corrected chi connectivity index (χ3v) is 2.24. The number of hydrazine groups is 1. The van der Waals surface area contributed by atoms with Crippen molar-refractivity contribution < 1.29 is 0 Å². The standard InChI is InChI=1S/C13H18N6/c1-18(2)10-17-13(12(15)8-14)19(16)9-11-6-4-3-5-7-11/h3-7,10H,9,15-16H2,1-2H3/b13-12-,17-10?. The van der Waals surface area contributed by atoms with E-state index < -0.39 is 0 Å². The lowest BCUT2D eigenvalue weighted by Gasteiger charge is -2.19. The molecule has 0 aliphatic carbocycles. The van der Waals surface area contributed by atoms with Crippen molar-refractivity contribution in [1.82, 2.24) is 9.91 Å². The second kappa shape index (κ2) is 7.03. The Labute approximate surface area is 113 Å². The molecule has 1 aromatic rings. The van der Waals surface area contributed by atoms with Crippen LogP contribution in [0.25, 0.3) is 0 Å². The molecule has 6 heteroatoms. The lowest BCUT2D eigenvalue weighted by atomic mass is 10.2. The van der Waals surface area contributed by atoms with Gasteiger partial charge in [-0.25, -0.2) is 10.8 Å². The van der Waals surface area contributed by atoms with E-state index in [1.165, 1.54) is 5.01 Å². The van der Waals surface area contributed by atoms with Crippen LogP contribution in [0, 0.1) is 11.3 Å². The number of hydrogen-bond donors (Lipinski definition) is 2. The van der Waals surface area contributed by atoms with Gasteiger partial charge in [0.05, 0.1) is 12.9 Å². The molecule has 0 spiro atoms. The van der Waals surface area contributed by atoms with Crippen LogP contribution in [0.2, 0.25) is 0 Å². The van der Waals surface area contributed by atoms with Gasteiger partial charge in [0.15, 0.2) is 11.5 Å². The fourth-order valence-corrected chi connectivity index (χ4v) is 1.37. The summed E-state index contributed by atoms with van der Waals surface area (Å²) < 4.78 is 0. The fraction of sp³-hybridized carbons (Fsp3) is 0.231. The number of nitriles is 1. The predicted molar refractivity (Wildman–Crippen MR) is 75.2 cm³/mol. The number of nitrogens with two attached hydrogens (primary N) is 2. The number of hydrogen-bond acceptors (Lipinski definition) is 5. The average molecular weight is 258 g/mol. The van der Waals surface area contributed by atoms with Crippen LogP contribution in [0.5, 0.6) is 0 Å². The average Bonchev–Trinajstić information content (AvgIpc) is 2.39. The molecule has 0 aromatic heterocycles. The van der Waals surface area contributed by atoms with E-state index in [0.29, 0.717) is 6.54 Å². The molecule has 100 valence electrons. The predicted octanol–water partition coefficient (Wildman–Crippen LogP) is 0.604. The minimum absolute atomic E-state index is 0.0171. The Bertz CT molecular complexity index is 498. The smallest absolute Gasteiger partial charge is 0.178 e. The minimum atomic E-state index is -0.0171. The number of nitrogens with zero attached hydrogens (tertiary/aromatic N) is 4. The van der Waals surface area contributed by atoms with Crippen LogP contribution in [0.15, 0.2) is 46.8 Å². The number of aliphatic imine (C=N–C) groups is 1. The van der Waals surface area contributed by atoms with Crippen LogP contribution in [0.3, 0.4) is 0 Å². The maximum Gasteiger partial charge on any atom is 0.178 e. The highest BCUT2D eigenvalue weighted by atomic mass is 15.4. The topological polar surface area (TPSA) is 94.7 Å². The van der Waals surface area contributed by atoms with Gasteiger partial charge in [0.2, 0.25) is 0 Å². The van der Waals surface area contributed by atoms with Crippen LogP contribution < -0.4 is 11.6 Å². The van der Waals surface area contributed by atoms with Crippen LogP contribution in [0.1, 0.15) is 5.56 Å². The van der Waals surface area contributed by atoms with Crippen LogP contribution >= 0.6 is 0 Å². The van der Waals surface area contributed by atoms with Crippen LogP contribution in [-0.2, 0) is 6.54 Å². The minimum Gasteiger partial charge on any atom is -0.387 e. The van der Waals surface area contributed by atoms with E-state index in [1.54, 1.807) is 11.2 Å². The first-order valence-electron chi connectivity index (χ1n) is 5.71. The quantitative estimate of drug-likeness (QED) is 0.265. The third-order valence-electron chi connectivity index (χ3n) is 2.24. The Morgan fingerprint density at radius 1 is 1.37 bits per heavy atom. The molecular formula is C13H18N6. The molecule has 0 amide bonds. The zero-order chi connectivity index (χ0) is 14.3. The Morgan fingerprint density at radius 3 is 2.53 bits per heavy atom. The molecule has 0 radical (unpaired) electrons. The molecule has 6 nitrogen and oxygen atoms in total. The molecule has 0 saturated carbocycles. The van der Waals surface area contributed by atoms with Gasteiger partial charge in [0, 0.05) is 14.1 Å². The zero-order valence-electron chi connectivity index (χ0n) is 11.1. The number of allylic oxidation sites excluding steroid dienone is 1. The first kappa shape index (κ1) is 14.5. The van der Waals surface area contributed by atoms with Gasteiger partial charge >= 0.3 is 0 Å². The van der Waals surface area contributed by atoms with Crippen molar-refractivity contribution in [3.05, 3.63) is 47.4 Å². The molecule has 0 unspecified atom stereocenters. The summed E-state index contributed by atoms with van der Waals surface area (Å²) in [5, 5.41) is 10.2. The molecule has 0 heterocycles. The van der Waals surface area contributed by atoms with E-state index in [9.17, 15) is 0 Å². The fourth-order valence-electron chi connectivity index (χ4n) is 1.37. The largest absolute Gasteiger partial charge is 0.387 e. The van der Waals surface area contributed by atoms with Crippen molar-refractivity contribution in [3.63, 3.8) is 0 Å². The van der Waals surface area contributed by atoms with Gasteiger partial charge in [0.25, 0.3) is 0 Å². The highest BCUT2D eigenvalue weighted by molar-refractivity contribution is 5.56. The monoisotopic (exact) mass is 258 g/mol. The first-order valence-corrected chi connectivity index (χ1v) is 5.71. The summed E-state index contributed by atoms with van der Waals surface area (Å²) in [6, 6.07) is 11.5. The van der Waals surface area contributed by atoms with Gasteiger partial charge in [-0.2, -0.15) is 5.26 Å². The zero-order valence-corrected chi connectivity index (χ0v) is 11.1. The summed E-state index contributed by atoms with van der Waals surface area (Å²) in [6.07, 6.45) is 1.55. The molecular weight excluding hydrogens is 240 g/mol. The number of rotatable bonds is 5.